The van der Waals surface area contributed by atoms with Gasteiger partial charge in [0.25, 0.3) is 0 Å². The first-order valence-corrected chi connectivity index (χ1v) is 5.91. The Morgan fingerprint density at radius 2 is 1.83 bits per heavy atom. The van der Waals surface area contributed by atoms with Crippen LogP contribution >= 0.6 is 0 Å². The molecule has 1 heterocycles. The van der Waals surface area contributed by atoms with Crippen LogP contribution < -0.4 is 4.74 Å². The number of rotatable bonds is 3. The van der Waals surface area contributed by atoms with Gasteiger partial charge in [-0.25, -0.2) is 0 Å². The summed E-state index contributed by atoms with van der Waals surface area (Å²) in [6.45, 7) is 6.90. The number of benzene rings is 1. The van der Waals surface area contributed by atoms with Crippen LogP contribution in [0.1, 0.15) is 32.2 Å². The predicted molar refractivity (Wildman–Crippen MR) is 68.3 cm³/mol. The molecule has 5 heteroatoms. The Kier molecular flexibility index (Phi) is 3.32. The lowest BCUT2D eigenvalue weighted by Crippen LogP contribution is -2.10. The minimum absolute atomic E-state index is 0.158. The second kappa shape index (κ2) is 4.76. The fourth-order valence-electron chi connectivity index (χ4n) is 1.58. The first kappa shape index (κ1) is 12.5. The van der Waals surface area contributed by atoms with Crippen LogP contribution in [-0.2, 0) is 19.1 Å². The van der Waals surface area contributed by atoms with Gasteiger partial charge in [0, 0.05) is 0 Å². The largest absolute Gasteiger partial charge is 0.485 e. The van der Waals surface area contributed by atoms with Gasteiger partial charge in [-0.1, -0.05) is 32.9 Å². The van der Waals surface area contributed by atoms with E-state index in [1.165, 1.54) is 10.4 Å². The van der Waals surface area contributed by atoms with Crippen molar-refractivity contribution in [3.8, 4) is 5.75 Å². The lowest BCUT2D eigenvalue weighted by atomic mass is 9.87. The topological polar surface area (TPSA) is 52.8 Å². The molecule has 18 heavy (non-hydrogen) atoms. The number of tetrazole rings is 1. The van der Waals surface area contributed by atoms with E-state index in [1.54, 1.807) is 7.05 Å². The number of aromatic nitrogens is 4. The Hall–Kier alpha value is -1.91. The molecule has 0 aliphatic carbocycles. The molecule has 2 aromatic rings. The van der Waals surface area contributed by atoms with Crippen LogP contribution in [0.25, 0.3) is 0 Å². The van der Waals surface area contributed by atoms with E-state index in [0.29, 0.717) is 12.4 Å². The van der Waals surface area contributed by atoms with E-state index in [-0.39, 0.29) is 5.41 Å². The SMILES string of the molecule is Cn1nnc(COc2ccc(C(C)(C)C)cc2)n1. The molecule has 0 radical (unpaired) electrons. The van der Waals surface area contributed by atoms with Crippen LogP contribution in [0.5, 0.6) is 5.75 Å². The quantitative estimate of drug-likeness (QED) is 0.832. The van der Waals surface area contributed by atoms with Gasteiger partial charge in [-0.3, -0.25) is 0 Å². The molecule has 0 amide bonds. The zero-order valence-corrected chi connectivity index (χ0v) is 11.2. The highest BCUT2D eigenvalue weighted by Crippen LogP contribution is 2.24. The Bertz CT molecular complexity index is 511. The van der Waals surface area contributed by atoms with E-state index < -0.39 is 0 Å². The molecule has 0 unspecified atom stereocenters. The summed E-state index contributed by atoms with van der Waals surface area (Å²) in [6.07, 6.45) is 0. The molecule has 0 atom stereocenters. The fraction of sp³-hybridized carbons (Fsp3) is 0.462. The second-order valence-corrected chi connectivity index (χ2v) is 5.26. The molecule has 0 bridgehead atoms. The smallest absolute Gasteiger partial charge is 0.212 e. The third-order valence-electron chi connectivity index (χ3n) is 2.64. The molecule has 0 fully saturated rings. The van der Waals surface area contributed by atoms with E-state index in [4.69, 9.17) is 4.74 Å². The summed E-state index contributed by atoms with van der Waals surface area (Å²) in [5.41, 5.74) is 1.44. The summed E-state index contributed by atoms with van der Waals surface area (Å²) in [5, 5.41) is 11.7. The third kappa shape index (κ3) is 3.06. The normalized spacial score (nSPS) is 11.6. The van der Waals surface area contributed by atoms with Crippen molar-refractivity contribution in [2.75, 3.05) is 0 Å². The van der Waals surface area contributed by atoms with Gasteiger partial charge in [-0.15, -0.1) is 10.2 Å². The van der Waals surface area contributed by atoms with E-state index in [2.05, 4.69) is 48.3 Å². The molecule has 1 aromatic heterocycles. The molecule has 5 nitrogen and oxygen atoms in total. The van der Waals surface area contributed by atoms with E-state index in [9.17, 15) is 0 Å². The Morgan fingerprint density at radius 1 is 1.17 bits per heavy atom. The predicted octanol–water partition coefficient (Wildman–Crippen LogP) is 2.09. The highest BCUT2D eigenvalue weighted by Gasteiger charge is 2.13. The zero-order valence-electron chi connectivity index (χ0n) is 11.2. The van der Waals surface area contributed by atoms with E-state index in [0.717, 1.165) is 5.75 Å². The summed E-state index contributed by atoms with van der Waals surface area (Å²) >= 11 is 0. The molecule has 96 valence electrons. The van der Waals surface area contributed by atoms with Gasteiger partial charge in [-0.2, -0.15) is 4.80 Å². The molecule has 0 aliphatic rings. The Labute approximate surface area is 107 Å². The minimum Gasteiger partial charge on any atom is -0.485 e. The van der Waals surface area contributed by atoms with Crippen molar-refractivity contribution in [3.63, 3.8) is 0 Å². The van der Waals surface area contributed by atoms with E-state index in [1.807, 2.05) is 12.1 Å². The summed E-state index contributed by atoms with van der Waals surface area (Å²) in [5.74, 6) is 1.40. The molecule has 0 spiro atoms. The maximum absolute atomic E-state index is 5.59. The molecule has 0 aliphatic heterocycles. The number of nitrogens with zero attached hydrogens (tertiary/aromatic N) is 4. The second-order valence-electron chi connectivity index (χ2n) is 5.26. The van der Waals surface area contributed by atoms with Crippen LogP contribution in [0.4, 0.5) is 0 Å². The first-order chi connectivity index (χ1) is 8.45. The van der Waals surface area contributed by atoms with Gasteiger partial charge in [0.05, 0.1) is 7.05 Å². The van der Waals surface area contributed by atoms with Gasteiger partial charge in [0.2, 0.25) is 5.82 Å². The van der Waals surface area contributed by atoms with Crippen molar-refractivity contribution < 1.29 is 4.74 Å². The van der Waals surface area contributed by atoms with Crippen molar-refractivity contribution in [3.05, 3.63) is 35.7 Å². The molecule has 0 saturated carbocycles. The lowest BCUT2D eigenvalue weighted by Gasteiger charge is -2.19. The Balaban J connectivity index is 1.98. The minimum atomic E-state index is 0.158. The number of hydrogen-bond donors (Lipinski definition) is 0. The van der Waals surface area contributed by atoms with Gasteiger partial charge in [0.1, 0.15) is 5.75 Å². The average Bonchev–Trinajstić information content (AvgIpc) is 2.72. The highest BCUT2D eigenvalue weighted by atomic mass is 16.5. The van der Waals surface area contributed by atoms with Crippen molar-refractivity contribution in [2.45, 2.75) is 32.8 Å². The molecule has 1 aromatic carbocycles. The monoisotopic (exact) mass is 246 g/mol. The zero-order chi connectivity index (χ0) is 13.2. The first-order valence-electron chi connectivity index (χ1n) is 5.91. The molecule has 0 N–H and O–H groups in total. The molecule has 0 saturated heterocycles. The van der Waals surface area contributed by atoms with Gasteiger partial charge >= 0.3 is 0 Å². The van der Waals surface area contributed by atoms with Crippen LogP contribution in [-0.4, -0.2) is 20.2 Å². The van der Waals surface area contributed by atoms with Crippen molar-refractivity contribution in [2.24, 2.45) is 7.05 Å². The van der Waals surface area contributed by atoms with Gasteiger partial charge in [-0.05, 0) is 28.3 Å². The van der Waals surface area contributed by atoms with Crippen molar-refractivity contribution in [1.29, 1.82) is 0 Å². The van der Waals surface area contributed by atoms with Gasteiger partial charge in [0.15, 0.2) is 6.61 Å². The molecule has 2 rings (SSSR count). The standard InChI is InChI=1S/C13H18N4O/c1-13(2,3)10-5-7-11(8-6-10)18-9-12-14-16-17(4)15-12/h5-8H,9H2,1-4H3. The third-order valence-corrected chi connectivity index (χ3v) is 2.64. The van der Waals surface area contributed by atoms with Crippen LogP contribution in [0, 0.1) is 0 Å². The summed E-state index contributed by atoms with van der Waals surface area (Å²) in [4.78, 5) is 1.42. The van der Waals surface area contributed by atoms with Crippen LogP contribution in [0.2, 0.25) is 0 Å². The van der Waals surface area contributed by atoms with Gasteiger partial charge < -0.3 is 4.74 Å². The van der Waals surface area contributed by atoms with Crippen LogP contribution in [0.3, 0.4) is 0 Å². The molecular formula is C13H18N4O. The Morgan fingerprint density at radius 3 is 2.33 bits per heavy atom. The summed E-state index contributed by atoms with van der Waals surface area (Å²) in [6, 6.07) is 8.10. The van der Waals surface area contributed by atoms with E-state index >= 15 is 0 Å². The number of aryl methyl sites for hydroxylation is 1. The highest BCUT2D eigenvalue weighted by molar-refractivity contribution is 5.31. The summed E-state index contributed by atoms with van der Waals surface area (Å²) < 4.78 is 5.59. The number of ether oxygens (including phenoxy) is 1. The number of hydrogen-bond acceptors (Lipinski definition) is 4. The fourth-order valence-corrected chi connectivity index (χ4v) is 1.58. The maximum Gasteiger partial charge on any atom is 0.212 e. The lowest BCUT2D eigenvalue weighted by molar-refractivity contribution is 0.295. The van der Waals surface area contributed by atoms with Crippen LogP contribution in [0.15, 0.2) is 24.3 Å². The van der Waals surface area contributed by atoms with Crippen molar-refractivity contribution in [1.82, 2.24) is 20.2 Å². The van der Waals surface area contributed by atoms with Crippen molar-refractivity contribution >= 4 is 0 Å². The molecular weight excluding hydrogens is 228 g/mol. The maximum atomic E-state index is 5.59. The summed E-state index contributed by atoms with van der Waals surface area (Å²) in [7, 11) is 1.73. The average molecular weight is 246 g/mol.